The van der Waals surface area contributed by atoms with Crippen molar-refractivity contribution in [3.8, 4) is 11.5 Å². The topological polar surface area (TPSA) is 30.5 Å². The Hall–Kier alpha value is -1.22. The summed E-state index contributed by atoms with van der Waals surface area (Å²) in [6, 6.07) is 6.50. The lowest BCUT2D eigenvalue weighted by atomic mass is 9.96. The third kappa shape index (κ3) is 2.14. The van der Waals surface area contributed by atoms with Gasteiger partial charge in [-0.15, -0.1) is 0 Å². The van der Waals surface area contributed by atoms with Crippen LogP contribution >= 0.6 is 0 Å². The molecule has 1 saturated heterocycles. The lowest BCUT2D eigenvalue weighted by Gasteiger charge is -2.18. The molecule has 3 heteroatoms. The van der Waals surface area contributed by atoms with Crippen LogP contribution in [0.4, 0.5) is 0 Å². The highest BCUT2D eigenvalue weighted by atomic mass is 16.5. The zero-order valence-corrected chi connectivity index (χ0v) is 10.1. The number of benzene rings is 1. The van der Waals surface area contributed by atoms with E-state index in [1.807, 2.05) is 6.07 Å². The summed E-state index contributed by atoms with van der Waals surface area (Å²) in [6.45, 7) is 3.36. The molecule has 2 rings (SSSR count). The number of rotatable bonds is 3. The van der Waals surface area contributed by atoms with Crippen LogP contribution in [0.1, 0.15) is 24.9 Å². The van der Waals surface area contributed by atoms with Crippen molar-refractivity contribution in [3.05, 3.63) is 23.8 Å². The molecule has 0 bridgehead atoms. The molecule has 2 unspecified atom stereocenters. The predicted octanol–water partition coefficient (Wildman–Crippen LogP) is 2.37. The van der Waals surface area contributed by atoms with E-state index in [0.717, 1.165) is 18.0 Å². The maximum atomic E-state index is 5.28. The fourth-order valence-electron chi connectivity index (χ4n) is 2.29. The van der Waals surface area contributed by atoms with Crippen LogP contribution in [-0.2, 0) is 0 Å². The first-order valence-corrected chi connectivity index (χ1v) is 5.71. The van der Waals surface area contributed by atoms with Crippen molar-refractivity contribution in [2.24, 2.45) is 5.92 Å². The monoisotopic (exact) mass is 221 g/mol. The molecule has 1 aliphatic rings. The van der Waals surface area contributed by atoms with E-state index in [1.54, 1.807) is 14.2 Å². The Kier molecular flexibility index (Phi) is 3.34. The summed E-state index contributed by atoms with van der Waals surface area (Å²) in [7, 11) is 3.37. The second-order valence-corrected chi connectivity index (χ2v) is 4.34. The van der Waals surface area contributed by atoms with Crippen molar-refractivity contribution in [1.82, 2.24) is 5.32 Å². The van der Waals surface area contributed by atoms with Crippen LogP contribution in [0, 0.1) is 5.92 Å². The second kappa shape index (κ2) is 4.74. The Labute approximate surface area is 96.8 Å². The lowest BCUT2D eigenvalue weighted by Crippen LogP contribution is -2.16. The minimum absolute atomic E-state index is 0.420. The molecule has 88 valence electrons. The van der Waals surface area contributed by atoms with Gasteiger partial charge in [0, 0.05) is 12.1 Å². The smallest absolute Gasteiger partial charge is 0.122 e. The Bertz CT molecular complexity index is 343. The number of nitrogens with one attached hydrogen (secondary N) is 1. The van der Waals surface area contributed by atoms with Gasteiger partial charge in [0.25, 0.3) is 0 Å². The van der Waals surface area contributed by atoms with Crippen molar-refractivity contribution >= 4 is 0 Å². The Morgan fingerprint density at radius 2 is 1.75 bits per heavy atom. The van der Waals surface area contributed by atoms with E-state index in [0.29, 0.717) is 12.0 Å². The molecule has 1 fully saturated rings. The van der Waals surface area contributed by atoms with Crippen molar-refractivity contribution < 1.29 is 9.47 Å². The minimum atomic E-state index is 0.420. The summed E-state index contributed by atoms with van der Waals surface area (Å²) in [5.41, 5.74) is 1.25. The fraction of sp³-hybridized carbons (Fsp3) is 0.538. The number of hydrogen-bond donors (Lipinski definition) is 1. The predicted molar refractivity (Wildman–Crippen MR) is 64.1 cm³/mol. The first kappa shape index (κ1) is 11.3. The summed E-state index contributed by atoms with van der Waals surface area (Å²) in [6.07, 6.45) is 1.23. The molecule has 3 nitrogen and oxygen atoms in total. The normalized spacial score (nSPS) is 24.4. The zero-order chi connectivity index (χ0) is 11.5. The molecular formula is C13H19NO2. The van der Waals surface area contributed by atoms with Gasteiger partial charge in [0.1, 0.15) is 11.5 Å². The van der Waals surface area contributed by atoms with Crippen molar-refractivity contribution in [2.45, 2.75) is 19.4 Å². The average Bonchev–Trinajstić information content (AvgIpc) is 2.74. The largest absolute Gasteiger partial charge is 0.497 e. The number of methoxy groups -OCH3 is 2. The van der Waals surface area contributed by atoms with E-state index in [9.17, 15) is 0 Å². The van der Waals surface area contributed by atoms with Gasteiger partial charge in [-0.2, -0.15) is 0 Å². The summed E-state index contributed by atoms with van der Waals surface area (Å²) in [4.78, 5) is 0. The van der Waals surface area contributed by atoms with Gasteiger partial charge < -0.3 is 14.8 Å². The first-order chi connectivity index (χ1) is 7.74. The summed E-state index contributed by atoms with van der Waals surface area (Å²) in [5, 5.41) is 3.51. The Morgan fingerprint density at radius 1 is 1.12 bits per heavy atom. The highest BCUT2D eigenvalue weighted by molar-refractivity contribution is 5.40. The molecule has 1 heterocycles. The van der Waals surface area contributed by atoms with Crippen LogP contribution in [0.2, 0.25) is 0 Å². The van der Waals surface area contributed by atoms with E-state index in [1.165, 1.54) is 12.0 Å². The third-order valence-corrected chi connectivity index (χ3v) is 3.27. The molecule has 16 heavy (non-hydrogen) atoms. The van der Waals surface area contributed by atoms with Crippen LogP contribution in [0.5, 0.6) is 11.5 Å². The maximum absolute atomic E-state index is 5.28. The molecule has 1 aliphatic heterocycles. The van der Waals surface area contributed by atoms with Crippen LogP contribution < -0.4 is 14.8 Å². The van der Waals surface area contributed by atoms with Crippen LogP contribution in [0.25, 0.3) is 0 Å². The molecule has 0 aliphatic carbocycles. The van der Waals surface area contributed by atoms with Gasteiger partial charge in [-0.05, 0) is 36.6 Å². The van der Waals surface area contributed by atoms with E-state index in [4.69, 9.17) is 9.47 Å². The molecule has 1 aromatic rings. The van der Waals surface area contributed by atoms with Gasteiger partial charge in [0.2, 0.25) is 0 Å². The van der Waals surface area contributed by atoms with Crippen LogP contribution in [0.15, 0.2) is 18.2 Å². The molecule has 1 aromatic carbocycles. The van der Waals surface area contributed by atoms with Crippen molar-refractivity contribution in [2.75, 3.05) is 20.8 Å². The standard InChI is InChI=1S/C13H19NO2/c1-9-4-5-14-13(9)10-6-11(15-2)8-12(7-10)16-3/h6-9,13-14H,4-5H2,1-3H3. The number of hydrogen-bond acceptors (Lipinski definition) is 3. The molecule has 0 spiro atoms. The first-order valence-electron chi connectivity index (χ1n) is 5.71. The van der Waals surface area contributed by atoms with E-state index in [2.05, 4.69) is 24.4 Å². The van der Waals surface area contributed by atoms with Crippen LogP contribution in [-0.4, -0.2) is 20.8 Å². The van der Waals surface area contributed by atoms with Crippen molar-refractivity contribution in [3.63, 3.8) is 0 Å². The fourth-order valence-corrected chi connectivity index (χ4v) is 2.29. The molecule has 2 atom stereocenters. The molecule has 1 N–H and O–H groups in total. The van der Waals surface area contributed by atoms with E-state index < -0.39 is 0 Å². The maximum Gasteiger partial charge on any atom is 0.122 e. The van der Waals surface area contributed by atoms with E-state index in [-0.39, 0.29) is 0 Å². The van der Waals surface area contributed by atoms with Gasteiger partial charge in [-0.1, -0.05) is 6.92 Å². The number of ether oxygens (including phenoxy) is 2. The van der Waals surface area contributed by atoms with Crippen LogP contribution in [0.3, 0.4) is 0 Å². The summed E-state index contributed by atoms with van der Waals surface area (Å²) < 4.78 is 10.6. The molecule has 0 aromatic heterocycles. The van der Waals surface area contributed by atoms with Gasteiger partial charge in [0.15, 0.2) is 0 Å². The van der Waals surface area contributed by atoms with Gasteiger partial charge in [-0.25, -0.2) is 0 Å². The second-order valence-electron chi connectivity index (χ2n) is 4.34. The van der Waals surface area contributed by atoms with Gasteiger partial charge >= 0.3 is 0 Å². The highest BCUT2D eigenvalue weighted by Gasteiger charge is 2.25. The minimum Gasteiger partial charge on any atom is -0.497 e. The van der Waals surface area contributed by atoms with Gasteiger partial charge in [-0.3, -0.25) is 0 Å². The quantitative estimate of drug-likeness (QED) is 0.850. The molecule has 0 amide bonds. The van der Waals surface area contributed by atoms with E-state index >= 15 is 0 Å². The molecule has 0 radical (unpaired) electrons. The Morgan fingerprint density at radius 3 is 2.19 bits per heavy atom. The molecule has 0 saturated carbocycles. The Balaban J connectivity index is 2.31. The summed E-state index contributed by atoms with van der Waals surface area (Å²) >= 11 is 0. The third-order valence-electron chi connectivity index (χ3n) is 3.27. The SMILES string of the molecule is COc1cc(OC)cc(C2NCCC2C)c1. The van der Waals surface area contributed by atoms with Crippen molar-refractivity contribution in [1.29, 1.82) is 0 Å². The lowest BCUT2D eigenvalue weighted by molar-refractivity contribution is 0.390. The van der Waals surface area contributed by atoms with Gasteiger partial charge in [0.05, 0.1) is 14.2 Å². The molecular weight excluding hydrogens is 202 g/mol. The zero-order valence-electron chi connectivity index (χ0n) is 10.1. The highest BCUT2D eigenvalue weighted by Crippen LogP contribution is 2.33. The summed E-state index contributed by atoms with van der Waals surface area (Å²) in [5.74, 6) is 2.38. The average molecular weight is 221 g/mol.